The van der Waals surface area contributed by atoms with E-state index < -0.39 is 16.1 Å². The molecule has 3 aliphatic rings. The van der Waals surface area contributed by atoms with Crippen LogP contribution >= 0.6 is 0 Å². The van der Waals surface area contributed by atoms with Gasteiger partial charge in [-0.1, -0.05) is 31.2 Å². The Bertz CT molecular complexity index is 1280. The first kappa shape index (κ1) is 23.8. The lowest BCUT2D eigenvalue weighted by molar-refractivity contribution is -0.137. The molecule has 3 aliphatic heterocycles. The Labute approximate surface area is 206 Å². The van der Waals surface area contributed by atoms with Crippen LogP contribution in [-0.4, -0.2) is 55.2 Å². The van der Waals surface area contributed by atoms with E-state index in [2.05, 4.69) is 17.4 Å². The highest BCUT2D eigenvalue weighted by Gasteiger charge is 2.37. The fraction of sp³-hybridized carbons (Fsp3) is 0.462. The van der Waals surface area contributed by atoms with Gasteiger partial charge in [0, 0.05) is 32.2 Å². The van der Waals surface area contributed by atoms with Crippen molar-refractivity contribution < 1.29 is 22.7 Å². The molecule has 0 spiro atoms. The molecule has 2 aromatic carbocycles. The highest BCUT2D eigenvalue weighted by Crippen LogP contribution is 2.37. The number of hydrogen-bond donors (Lipinski definition) is 1. The fourth-order valence-electron chi connectivity index (χ4n) is 5.27. The number of aryl methyl sites for hydroxylation is 1. The zero-order chi connectivity index (χ0) is 24.7. The molecule has 5 rings (SSSR count). The van der Waals surface area contributed by atoms with Crippen molar-refractivity contribution in [2.45, 2.75) is 57.1 Å². The second kappa shape index (κ2) is 9.28. The Morgan fingerprint density at radius 3 is 2.71 bits per heavy atom. The van der Waals surface area contributed by atoms with E-state index in [1.54, 1.807) is 13.0 Å². The van der Waals surface area contributed by atoms with Gasteiger partial charge in [0.25, 0.3) is 5.91 Å². The first-order valence-electron chi connectivity index (χ1n) is 12.3. The minimum atomic E-state index is -3.84. The first-order valence-corrected chi connectivity index (χ1v) is 13.7. The molecule has 2 unspecified atom stereocenters. The van der Waals surface area contributed by atoms with Crippen molar-refractivity contribution in [1.29, 1.82) is 0 Å². The number of ether oxygens (including phenoxy) is 1. The summed E-state index contributed by atoms with van der Waals surface area (Å²) in [6.07, 6.45) is 1.97. The molecule has 35 heavy (non-hydrogen) atoms. The van der Waals surface area contributed by atoms with Gasteiger partial charge in [-0.3, -0.25) is 9.59 Å². The van der Waals surface area contributed by atoms with Gasteiger partial charge < -0.3 is 15.0 Å². The van der Waals surface area contributed by atoms with Crippen molar-refractivity contribution >= 4 is 27.5 Å². The summed E-state index contributed by atoms with van der Waals surface area (Å²) < 4.78 is 34.6. The molecule has 1 fully saturated rings. The molecule has 186 valence electrons. The first-order chi connectivity index (χ1) is 16.8. The van der Waals surface area contributed by atoms with E-state index in [1.165, 1.54) is 15.9 Å². The molecule has 2 amide bonds. The van der Waals surface area contributed by atoms with Crippen LogP contribution in [0.2, 0.25) is 0 Å². The topological polar surface area (TPSA) is 96.0 Å². The third-order valence-corrected chi connectivity index (χ3v) is 9.27. The number of nitrogens with zero attached hydrogens (tertiary/aromatic N) is 2. The molecule has 3 heterocycles. The van der Waals surface area contributed by atoms with Gasteiger partial charge in [0.1, 0.15) is 5.75 Å². The van der Waals surface area contributed by atoms with Crippen molar-refractivity contribution in [3.63, 3.8) is 0 Å². The number of carbonyl (C=O) groups is 2. The molecule has 2 atom stereocenters. The normalized spacial score (nSPS) is 22.6. The van der Waals surface area contributed by atoms with Crippen molar-refractivity contribution in [1.82, 2.24) is 9.21 Å². The Hall–Kier alpha value is -2.91. The summed E-state index contributed by atoms with van der Waals surface area (Å²) in [5, 5.41) is 2.80. The third-order valence-electron chi connectivity index (χ3n) is 7.26. The van der Waals surface area contributed by atoms with Crippen molar-refractivity contribution in [2.75, 3.05) is 25.0 Å². The zero-order valence-corrected chi connectivity index (χ0v) is 20.9. The number of rotatable bonds is 4. The SMILES string of the molecule is CCC1Oc2cc(S(=O)(=O)N3CCCC(C(=O)N4CCc5ccccc5C4)C3)c(C)cc2NC1=O. The zero-order valence-electron chi connectivity index (χ0n) is 20.1. The molecule has 8 nitrogen and oxygen atoms in total. The van der Waals surface area contributed by atoms with Crippen LogP contribution in [0.4, 0.5) is 5.69 Å². The molecule has 0 aromatic heterocycles. The summed E-state index contributed by atoms with van der Waals surface area (Å²) in [6, 6.07) is 11.3. The number of nitrogens with one attached hydrogen (secondary N) is 1. The molecule has 0 radical (unpaired) electrons. The van der Waals surface area contributed by atoms with Gasteiger partial charge in [0.15, 0.2) is 6.10 Å². The second-order valence-corrected chi connectivity index (χ2v) is 11.5. The largest absolute Gasteiger partial charge is 0.478 e. The van der Waals surface area contributed by atoms with E-state index in [4.69, 9.17) is 4.74 Å². The summed E-state index contributed by atoms with van der Waals surface area (Å²) in [4.78, 5) is 27.5. The maximum absolute atomic E-state index is 13.7. The molecule has 9 heteroatoms. The average molecular weight is 498 g/mol. The van der Waals surface area contributed by atoms with Gasteiger partial charge in [-0.05, 0) is 55.4 Å². The predicted molar refractivity (Wildman–Crippen MR) is 132 cm³/mol. The Balaban J connectivity index is 1.35. The quantitative estimate of drug-likeness (QED) is 0.700. The molecular formula is C26H31N3O5S. The average Bonchev–Trinajstić information content (AvgIpc) is 2.87. The van der Waals surface area contributed by atoms with Gasteiger partial charge in [-0.15, -0.1) is 0 Å². The summed E-state index contributed by atoms with van der Waals surface area (Å²) in [5.74, 6) is -0.204. The van der Waals surface area contributed by atoms with Gasteiger partial charge >= 0.3 is 0 Å². The number of carbonyl (C=O) groups excluding carboxylic acids is 2. The lowest BCUT2D eigenvalue weighted by atomic mass is 9.95. The minimum absolute atomic E-state index is 0.0263. The second-order valence-electron chi connectivity index (χ2n) is 9.60. The van der Waals surface area contributed by atoms with Gasteiger partial charge in [-0.25, -0.2) is 8.42 Å². The maximum Gasteiger partial charge on any atom is 0.265 e. The van der Waals surface area contributed by atoms with E-state index in [0.717, 1.165) is 12.0 Å². The molecule has 1 saturated heterocycles. The van der Waals surface area contributed by atoms with Crippen LogP contribution < -0.4 is 10.1 Å². The predicted octanol–water partition coefficient (Wildman–Crippen LogP) is 3.09. The third kappa shape index (κ3) is 4.43. The van der Waals surface area contributed by atoms with Crippen LogP contribution in [0.3, 0.4) is 0 Å². The Morgan fingerprint density at radius 2 is 1.94 bits per heavy atom. The standard InChI is InChI=1S/C26H31N3O5S/c1-3-22-25(30)27-21-13-17(2)24(14-23(21)34-22)35(32,33)29-11-6-9-20(16-29)26(31)28-12-10-18-7-4-5-8-19(18)15-28/h4-5,7-8,13-14,20,22H,3,6,9-12,15-16H2,1-2H3,(H,27,30). The number of benzene rings is 2. The minimum Gasteiger partial charge on any atom is -0.478 e. The number of amides is 2. The summed E-state index contributed by atoms with van der Waals surface area (Å²) in [7, 11) is -3.84. The highest BCUT2D eigenvalue weighted by molar-refractivity contribution is 7.89. The molecule has 0 bridgehead atoms. The molecule has 1 N–H and O–H groups in total. The van der Waals surface area contributed by atoms with E-state index in [9.17, 15) is 18.0 Å². The molecular weight excluding hydrogens is 466 g/mol. The van der Waals surface area contributed by atoms with E-state index >= 15 is 0 Å². The van der Waals surface area contributed by atoms with Crippen molar-refractivity contribution in [3.05, 3.63) is 53.1 Å². The maximum atomic E-state index is 13.7. The number of piperidine rings is 1. The van der Waals surface area contributed by atoms with Crippen molar-refractivity contribution in [2.24, 2.45) is 5.92 Å². The highest BCUT2D eigenvalue weighted by atomic mass is 32.2. The smallest absolute Gasteiger partial charge is 0.265 e. The number of anilines is 1. The van der Waals surface area contributed by atoms with Crippen LogP contribution in [0, 0.1) is 12.8 Å². The summed E-state index contributed by atoms with van der Waals surface area (Å²) >= 11 is 0. The monoisotopic (exact) mass is 497 g/mol. The fourth-order valence-corrected chi connectivity index (χ4v) is 7.02. The van der Waals surface area contributed by atoms with E-state index in [0.29, 0.717) is 55.9 Å². The summed E-state index contributed by atoms with van der Waals surface area (Å²) in [6.45, 7) is 5.33. The lowest BCUT2D eigenvalue weighted by Crippen LogP contribution is -2.47. The van der Waals surface area contributed by atoms with Gasteiger partial charge in [0.2, 0.25) is 15.9 Å². The van der Waals surface area contributed by atoms with Crippen molar-refractivity contribution in [3.8, 4) is 5.75 Å². The van der Waals surface area contributed by atoms with Crippen LogP contribution in [0.1, 0.15) is 42.9 Å². The van der Waals surface area contributed by atoms with E-state index in [-0.39, 0.29) is 29.2 Å². The van der Waals surface area contributed by atoms with Crippen LogP contribution in [0.5, 0.6) is 5.75 Å². The number of hydrogen-bond acceptors (Lipinski definition) is 5. The molecule has 0 saturated carbocycles. The van der Waals surface area contributed by atoms with Crippen LogP contribution in [-0.2, 0) is 32.6 Å². The number of fused-ring (bicyclic) bond motifs is 2. The van der Waals surface area contributed by atoms with E-state index in [1.807, 2.05) is 24.0 Å². The van der Waals surface area contributed by atoms with Crippen LogP contribution in [0.25, 0.3) is 0 Å². The Morgan fingerprint density at radius 1 is 1.17 bits per heavy atom. The summed E-state index contributed by atoms with van der Waals surface area (Å²) in [5.41, 5.74) is 3.45. The van der Waals surface area contributed by atoms with Crippen LogP contribution in [0.15, 0.2) is 41.3 Å². The Kier molecular flexibility index (Phi) is 6.31. The molecule has 2 aromatic rings. The van der Waals surface area contributed by atoms with Gasteiger partial charge in [0.05, 0.1) is 16.5 Å². The number of sulfonamides is 1. The molecule has 0 aliphatic carbocycles. The van der Waals surface area contributed by atoms with Gasteiger partial charge in [-0.2, -0.15) is 4.31 Å². The lowest BCUT2D eigenvalue weighted by Gasteiger charge is -2.36.